The number of anilines is 1. The van der Waals surface area contributed by atoms with Crippen LogP contribution in [0.1, 0.15) is 13.3 Å². The molecule has 132 valence electrons. The fraction of sp³-hybridized carbons (Fsp3) is 0.238. The Bertz CT molecular complexity index is 873. The Morgan fingerprint density at radius 3 is 2.19 bits per heavy atom. The highest BCUT2D eigenvalue weighted by Gasteiger charge is 2.50. The van der Waals surface area contributed by atoms with Gasteiger partial charge in [0.2, 0.25) is 11.8 Å². The molecule has 0 aromatic heterocycles. The number of allylic oxidation sites excluding steroid dienone is 2. The number of halogens is 1. The van der Waals surface area contributed by atoms with Gasteiger partial charge in [0.25, 0.3) is 0 Å². The third kappa shape index (κ3) is 2.90. The highest BCUT2D eigenvalue weighted by molar-refractivity contribution is 6.30. The predicted octanol–water partition coefficient (Wildman–Crippen LogP) is 4.83. The van der Waals surface area contributed by atoms with Gasteiger partial charge in [0.15, 0.2) is 0 Å². The molecule has 0 radical (unpaired) electrons. The SMILES string of the molecule is C[C@H]1C=CC[C@H]2C(=O)N(c3ccc(Oc4ccc(Cl)cc4)cc3)C(=O)[C@H]12. The van der Waals surface area contributed by atoms with Gasteiger partial charge in [-0.05, 0) is 60.9 Å². The van der Waals surface area contributed by atoms with Crippen molar-refractivity contribution in [2.45, 2.75) is 13.3 Å². The zero-order valence-electron chi connectivity index (χ0n) is 14.3. The summed E-state index contributed by atoms with van der Waals surface area (Å²) in [5.74, 6) is 0.669. The molecule has 1 fully saturated rings. The van der Waals surface area contributed by atoms with Gasteiger partial charge in [0, 0.05) is 5.02 Å². The lowest BCUT2D eigenvalue weighted by molar-refractivity contribution is -0.122. The van der Waals surface area contributed by atoms with Crippen molar-refractivity contribution in [3.8, 4) is 11.5 Å². The Labute approximate surface area is 157 Å². The van der Waals surface area contributed by atoms with Gasteiger partial charge in [-0.2, -0.15) is 0 Å². The molecule has 1 heterocycles. The van der Waals surface area contributed by atoms with Gasteiger partial charge in [0.1, 0.15) is 11.5 Å². The van der Waals surface area contributed by atoms with E-state index < -0.39 is 0 Å². The van der Waals surface area contributed by atoms with E-state index in [2.05, 4.69) is 0 Å². The second-order valence-corrected chi connectivity index (χ2v) is 7.15. The van der Waals surface area contributed by atoms with Crippen molar-refractivity contribution in [1.29, 1.82) is 0 Å². The molecule has 2 aromatic rings. The van der Waals surface area contributed by atoms with E-state index in [4.69, 9.17) is 16.3 Å². The van der Waals surface area contributed by atoms with E-state index in [1.54, 1.807) is 48.5 Å². The number of benzene rings is 2. The first kappa shape index (κ1) is 16.9. The standard InChI is InChI=1S/C21H18ClNO3/c1-13-3-2-4-18-19(13)21(25)23(20(18)24)15-7-11-17(12-8-15)26-16-9-5-14(22)6-10-16/h2-3,5-13,18-19H,4H2,1H3/t13-,18+,19+/m0/s1. The number of imide groups is 1. The maximum absolute atomic E-state index is 12.8. The second-order valence-electron chi connectivity index (χ2n) is 6.72. The number of nitrogens with zero attached hydrogens (tertiary/aromatic N) is 1. The molecule has 2 aliphatic rings. The highest BCUT2D eigenvalue weighted by atomic mass is 35.5. The molecular formula is C21H18ClNO3. The smallest absolute Gasteiger partial charge is 0.238 e. The minimum Gasteiger partial charge on any atom is -0.457 e. The van der Waals surface area contributed by atoms with Crippen molar-refractivity contribution >= 4 is 29.1 Å². The Morgan fingerprint density at radius 1 is 0.962 bits per heavy atom. The van der Waals surface area contributed by atoms with Crippen molar-refractivity contribution in [2.24, 2.45) is 17.8 Å². The molecule has 0 unspecified atom stereocenters. The number of fused-ring (bicyclic) bond motifs is 1. The Hall–Kier alpha value is -2.59. The summed E-state index contributed by atoms with van der Waals surface area (Å²) in [5, 5.41) is 0.643. The Kier molecular flexibility index (Phi) is 4.29. The van der Waals surface area contributed by atoms with Crippen molar-refractivity contribution in [3.05, 3.63) is 65.7 Å². The van der Waals surface area contributed by atoms with Crippen LogP contribution in [0.15, 0.2) is 60.7 Å². The first-order chi connectivity index (χ1) is 12.5. The quantitative estimate of drug-likeness (QED) is 0.576. The topological polar surface area (TPSA) is 46.6 Å². The molecule has 2 amide bonds. The summed E-state index contributed by atoms with van der Waals surface area (Å²) < 4.78 is 5.76. The fourth-order valence-corrected chi connectivity index (χ4v) is 3.83. The molecule has 2 aromatic carbocycles. The highest BCUT2D eigenvalue weighted by Crippen LogP contribution is 2.40. The summed E-state index contributed by atoms with van der Waals surface area (Å²) in [6, 6.07) is 14.1. The van der Waals surface area contributed by atoms with Gasteiger partial charge in [0.05, 0.1) is 17.5 Å². The average Bonchev–Trinajstić information content (AvgIpc) is 2.90. The maximum atomic E-state index is 12.8. The van der Waals surface area contributed by atoms with Gasteiger partial charge in [-0.3, -0.25) is 14.5 Å². The number of amides is 2. The van der Waals surface area contributed by atoms with Crippen LogP contribution in [0.2, 0.25) is 5.02 Å². The zero-order valence-corrected chi connectivity index (χ0v) is 15.0. The maximum Gasteiger partial charge on any atom is 0.238 e. The van der Waals surface area contributed by atoms with Crippen molar-refractivity contribution < 1.29 is 14.3 Å². The van der Waals surface area contributed by atoms with E-state index in [9.17, 15) is 9.59 Å². The van der Waals surface area contributed by atoms with Crippen LogP contribution in [0.5, 0.6) is 11.5 Å². The largest absolute Gasteiger partial charge is 0.457 e. The van der Waals surface area contributed by atoms with E-state index in [0.29, 0.717) is 28.6 Å². The molecular weight excluding hydrogens is 350 g/mol. The molecule has 5 heteroatoms. The van der Waals surface area contributed by atoms with Gasteiger partial charge in [-0.1, -0.05) is 30.7 Å². The predicted molar refractivity (Wildman–Crippen MR) is 100 cm³/mol. The molecule has 4 nitrogen and oxygen atoms in total. The minimum absolute atomic E-state index is 0.0858. The molecule has 0 saturated carbocycles. The summed E-state index contributed by atoms with van der Waals surface area (Å²) in [5.41, 5.74) is 0.588. The van der Waals surface area contributed by atoms with Gasteiger partial charge in [-0.25, -0.2) is 0 Å². The minimum atomic E-state index is -0.252. The van der Waals surface area contributed by atoms with E-state index in [0.717, 1.165) is 0 Å². The lowest BCUT2D eigenvalue weighted by Gasteiger charge is -2.22. The van der Waals surface area contributed by atoms with Crippen molar-refractivity contribution in [3.63, 3.8) is 0 Å². The monoisotopic (exact) mass is 367 g/mol. The summed E-state index contributed by atoms with van der Waals surface area (Å²) in [6.45, 7) is 1.99. The average molecular weight is 368 g/mol. The van der Waals surface area contributed by atoms with Crippen LogP contribution in [0, 0.1) is 17.8 Å². The van der Waals surface area contributed by atoms with Gasteiger partial charge in [-0.15, -0.1) is 0 Å². The molecule has 0 N–H and O–H groups in total. The molecule has 3 atom stereocenters. The van der Waals surface area contributed by atoms with Crippen LogP contribution < -0.4 is 9.64 Å². The van der Waals surface area contributed by atoms with Crippen molar-refractivity contribution in [1.82, 2.24) is 0 Å². The normalized spacial score (nSPS) is 24.7. The molecule has 26 heavy (non-hydrogen) atoms. The number of hydrogen-bond acceptors (Lipinski definition) is 3. The number of carbonyl (C=O) groups excluding carboxylic acids is 2. The summed E-state index contributed by atoms with van der Waals surface area (Å²) >= 11 is 5.87. The lowest BCUT2D eigenvalue weighted by atomic mass is 9.78. The zero-order chi connectivity index (χ0) is 18.3. The Balaban J connectivity index is 1.54. The third-order valence-electron chi connectivity index (χ3n) is 5.02. The number of hydrogen-bond donors (Lipinski definition) is 0. The molecule has 0 bridgehead atoms. The van der Waals surface area contributed by atoms with Crippen LogP contribution >= 0.6 is 11.6 Å². The molecule has 1 aliphatic heterocycles. The fourth-order valence-electron chi connectivity index (χ4n) is 3.70. The summed E-state index contributed by atoms with van der Waals surface area (Å²) in [4.78, 5) is 26.9. The number of ether oxygens (including phenoxy) is 1. The van der Waals surface area contributed by atoms with E-state index in [1.165, 1.54) is 4.90 Å². The van der Waals surface area contributed by atoms with Crippen molar-refractivity contribution in [2.75, 3.05) is 4.90 Å². The summed E-state index contributed by atoms with van der Waals surface area (Å²) in [7, 11) is 0. The number of carbonyl (C=O) groups is 2. The first-order valence-corrected chi connectivity index (χ1v) is 9.00. The van der Waals surface area contributed by atoms with Crippen LogP contribution in [-0.4, -0.2) is 11.8 Å². The second kappa shape index (κ2) is 6.61. The molecule has 0 spiro atoms. The first-order valence-electron chi connectivity index (χ1n) is 8.62. The van der Waals surface area contributed by atoms with Gasteiger partial charge < -0.3 is 4.74 Å². The van der Waals surface area contributed by atoms with E-state index in [1.807, 2.05) is 19.1 Å². The van der Waals surface area contributed by atoms with Crippen LogP contribution in [0.25, 0.3) is 0 Å². The van der Waals surface area contributed by atoms with E-state index in [-0.39, 0.29) is 29.6 Å². The number of rotatable bonds is 3. The van der Waals surface area contributed by atoms with Crippen LogP contribution in [0.4, 0.5) is 5.69 Å². The molecule has 1 saturated heterocycles. The summed E-state index contributed by atoms with van der Waals surface area (Å²) in [6.07, 6.45) is 4.66. The molecule has 4 rings (SSSR count). The van der Waals surface area contributed by atoms with Crippen LogP contribution in [-0.2, 0) is 9.59 Å². The van der Waals surface area contributed by atoms with Gasteiger partial charge >= 0.3 is 0 Å². The Morgan fingerprint density at radius 2 is 1.58 bits per heavy atom. The lowest BCUT2D eigenvalue weighted by Crippen LogP contribution is -2.31. The van der Waals surface area contributed by atoms with Crippen LogP contribution in [0.3, 0.4) is 0 Å². The third-order valence-corrected chi connectivity index (χ3v) is 5.27. The van der Waals surface area contributed by atoms with E-state index >= 15 is 0 Å². The molecule has 1 aliphatic carbocycles.